The van der Waals surface area contributed by atoms with Gasteiger partial charge >= 0.3 is 0 Å². The number of rotatable bonds is 3. The molecule has 0 spiro atoms. The van der Waals surface area contributed by atoms with Gasteiger partial charge in [-0.05, 0) is 79.9 Å². The molecule has 1 aliphatic carbocycles. The maximum atomic E-state index is 5.28. The van der Waals surface area contributed by atoms with Crippen LogP contribution in [0.4, 0.5) is 0 Å². The minimum atomic E-state index is 0.613. The zero-order valence-corrected chi connectivity index (χ0v) is 15.2. The third-order valence-electron chi connectivity index (χ3n) is 6.26. The molecule has 3 atom stereocenters. The van der Waals surface area contributed by atoms with E-state index < -0.39 is 0 Å². The smallest absolute Gasteiger partial charge is 0.213 e. The van der Waals surface area contributed by atoms with Crippen LogP contribution in [0.2, 0.25) is 0 Å². The van der Waals surface area contributed by atoms with E-state index in [2.05, 4.69) is 39.6 Å². The number of fused-ring (bicyclic) bond motifs is 2. The normalized spacial score (nSPS) is 24.9. The summed E-state index contributed by atoms with van der Waals surface area (Å²) in [7, 11) is 1.64. The summed E-state index contributed by atoms with van der Waals surface area (Å²) in [4.78, 5) is 4.21. The summed E-state index contributed by atoms with van der Waals surface area (Å²) < 4.78 is 5.28. The Morgan fingerprint density at radius 2 is 1.92 bits per heavy atom. The molecular formula is C21H24N4O. The van der Waals surface area contributed by atoms with Crippen LogP contribution in [0.25, 0.3) is 22.2 Å². The van der Waals surface area contributed by atoms with Crippen molar-refractivity contribution in [2.75, 3.05) is 20.2 Å². The lowest BCUT2D eigenvalue weighted by Gasteiger charge is -2.15. The molecule has 2 N–H and O–H groups in total. The Bertz CT molecular complexity index is 952. The minimum absolute atomic E-state index is 0.613. The fraction of sp³-hybridized carbons (Fsp3) is 0.429. The molecule has 3 aromatic rings. The van der Waals surface area contributed by atoms with Gasteiger partial charge < -0.3 is 10.1 Å². The molecule has 1 aliphatic heterocycles. The number of ether oxygens (including phenoxy) is 1. The van der Waals surface area contributed by atoms with E-state index in [0.29, 0.717) is 11.8 Å². The first-order valence-electron chi connectivity index (χ1n) is 9.42. The first-order chi connectivity index (χ1) is 12.7. The Morgan fingerprint density at radius 1 is 1.12 bits per heavy atom. The van der Waals surface area contributed by atoms with Gasteiger partial charge in [-0.25, -0.2) is 4.98 Å². The highest BCUT2D eigenvalue weighted by molar-refractivity contribution is 5.94. The van der Waals surface area contributed by atoms with Crippen LogP contribution in [0.3, 0.4) is 0 Å². The predicted molar refractivity (Wildman–Crippen MR) is 102 cm³/mol. The average molecular weight is 348 g/mol. The fourth-order valence-corrected chi connectivity index (χ4v) is 4.94. The molecular weight excluding hydrogens is 324 g/mol. The topological polar surface area (TPSA) is 62.8 Å². The monoisotopic (exact) mass is 348 g/mol. The fourth-order valence-electron chi connectivity index (χ4n) is 4.94. The van der Waals surface area contributed by atoms with Gasteiger partial charge in [0.1, 0.15) is 5.69 Å². The Kier molecular flexibility index (Phi) is 3.71. The molecule has 0 radical (unpaired) electrons. The van der Waals surface area contributed by atoms with E-state index in [1.165, 1.54) is 42.4 Å². The highest BCUT2D eigenvalue weighted by atomic mass is 16.5. The van der Waals surface area contributed by atoms with E-state index in [1.54, 1.807) is 13.3 Å². The molecule has 5 nitrogen and oxygen atoms in total. The van der Waals surface area contributed by atoms with Crippen LogP contribution in [-0.2, 0) is 0 Å². The zero-order valence-electron chi connectivity index (χ0n) is 15.2. The second-order valence-electron chi connectivity index (χ2n) is 7.76. The number of H-pyrrole nitrogens is 1. The van der Waals surface area contributed by atoms with Crippen LogP contribution >= 0.6 is 0 Å². The van der Waals surface area contributed by atoms with Crippen LogP contribution in [0, 0.1) is 18.8 Å². The van der Waals surface area contributed by atoms with Crippen LogP contribution in [-0.4, -0.2) is 35.4 Å². The number of pyridine rings is 1. The third-order valence-corrected chi connectivity index (χ3v) is 6.26. The molecule has 1 aromatic carbocycles. The Labute approximate surface area is 153 Å². The van der Waals surface area contributed by atoms with Gasteiger partial charge in [-0.15, -0.1) is 0 Å². The van der Waals surface area contributed by atoms with E-state index in [1.807, 2.05) is 12.1 Å². The lowest BCUT2D eigenvalue weighted by molar-refractivity contribution is 0.398. The second-order valence-corrected chi connectivity index (χ2v) is 7.76. The lowest BCUT2D eigenvalue weighted by Crippen LogP contribution is -2.11. The highest BCUT2D eigenvalue weighted by Crippen LogP contribution is 2.45. The Hall–Kier alpha value is -2.40. The molecule has 0 bridgehead atoms. The first-order valence-corrected chi connectivity index (χ1v) is 9.42. The molecule has 2 fully saturated rings. The minimum Gasteiger partial charge on any atom is -0.481 e. The molecule has 1 saturated heterocycles. The Morgan fingerprint density at radius 3 is 2.69 bits per heavy atom. The lowest BCUT2D eigenvalue weighted by atomic mass is 9.90. The van der Waals surface area contributed by atoms with Crippen molar-refractivity contribution in [1.29, 1.82) is 0 Å². The van der Waals surface area contributed by atoms with Crippen molar-refractivity contribution >= 4 is 10.9 Å². The number of aryl methyl sites for hydroxylation is 1. The number of hydrogen-bond acceptors (Lipinski definition) is 4. The molecule has 2 aliphatic rings. The second kappa shape index (κ2) is 6.09. The number of nitrogens with one attached hydrogen (secondary N) is 2. The van der Waals surface area contributed by atoms with Crippen molar-refractivity contribution in [3.8, 4) is 17.1 Å². The van der Waals surface area contributed by atoms with Crippen LogP contribution < -0.4 is 10.1 Å². The number of hydrogen-bond donors (Lipinski definition) is 2. The SMILES string of the molecule is COc1cc(-c2n[nH]c3cc(C)c(C4C[C@H]5CNC[C@H]5C4)cc23)ccn1. The van der Waals surface area contributed by atoms with Gasteiger partial charge in [0, 0.05) is 23.2 Å². The van der Waals surface area contributed by atoms with Gasteiger partial charge in [0.25, 0.3) is 0 Å². The van der Waals surface area contributed by atoms with E-state index in [4.69, 9.17) is 4.74 Å². The standard InChI is InChI=1S/C21H24N4O/c1-12-5-19-18(9-17(12)14-6-15-10-22-11-16(15)7-14)21(25-24-19)13-3-4-23-20(8-13)26-2/h3-5,8-9,14-16,22H,6-7,10-11H2,1-2H3,(H,24,25)/t14?,15-,16+. The maximum Gasteiger partial charge on any atom is 0.213 e. The summed E-state index contributed by atoms with van der Waals surface area (Å²) in [6.07, 6.45) is 4.38. The summed E-state index contributed by atoms with van der Waals surface area (Å²) in [6, 6.07) is 8.56. The number of methoxy groups -OCH3 is 1. The number of aromatic amines is 1. The van der Waals surface area contributed by atoms with Gasteiger partial charge in [0.2, 0.25) is 5.88 Å². The molecule has 134 valence electrons. The molecule has 1 saturated carbocycles. The average Bonchev–Trinajstić information content (AvgIpc) is 3.35. The van der Waals surface area contributed by atoms with Crippen molar-refractivity contribution in [2.45, 2.75) is 25.7 Å². The third kappa shape index (κ3) is 2.50. The summed E-state index contributed by atoms with van der Waals surface area (Å²) in [5.41, 5.74) is 5.97. The van der Waals surface area contributed by atoms with Crippen molar-refractivity contribution in [1.82, 2.24) is 20.5 Å². The van der Waals surface area contributed by atoms with Crippen LogP contribution in [0.5, 0.6) is 5.88 Å². The van der Waals surface area contributed by atoms with E-state index in [-0.39, 0.29) is 0 Å². The van der Waals surface area contributed by atoms with Crippen LogP contribution in [0.1, 0.15) is 29.9 Å². The van der Waals surface area contributed by atoms with Crippen molar-refractivity contribution < 1.29 is 4.74 Å². The van der Waals surface area contributed by atoms with Gasteiger partial charge in [0.05, 0.1) is 12.6 Å². The van der Waals surface area contributed by atoms with Gasteiger partial charge in [-0.3, -0.25) is 5.10 Å². The summed E-state index contributed by atoms with van der Waals surface area (Å²) in [5.74, 6) is 2.99. The highest BCUT2D eigenvalue weighted by Gasteiger charge is 2.38. The molecule has 2 aromatic heterocycles. The molecule has 1 unspecified atom stereocenters. The predicted octanol–water partition coefficient (Wildman–Crippen LogP) is 3.65. The van der Waals surface area contributed by atoms with Gasteiger partial charge in [-0.2, -0.15) is 5.10 Å². The van der Waals surface area contributed by atoms with Gasteiger partial charge in [-0.1, -0.05) is 0 Å². The van der Waals surface area contributed by atoms with E-state index >= 15 is 0 Å². The molecule has 5 heteroatoms. The Balaban J connectivity index is 1.57. The summed E-state index contributed by atoms with van der Waals surface area (Å²) in [6.45, 7) is 4.61. The quantitative estimate of drug-likeness (QED) is 0.758. The van der Waals surface area contributed by atoms with E-state index in [0.717, 1.165) is 28.6 Å². The number of aromatic nitrogens is 3. The number of nitrogens with zero attached hydrogens (tertiary/aromatic N) is 2. The molecule has 5 rings (SSSR count). The van der Waals surface area contributed by atoms with Crippen LogP contribution in [0.15, 0.2) is 30.5 Å². The first kappa shape index (κ1) is 15.8. The molecule has 26 heavy (non-hydrogen) atoms. The summed E-state index contributed by atoms with van der Waals surface area (Å²) >= 11 is 0. The number of benzene rings is 1. The van der Waals surface area contributed by atoms with E-state index in [9.17, 15) is 0 Å². The molecule has 0 amide bonds. The molecule has 3 heterocycles. The largest absolute Gasteiger partial charge is 0.481 e. The van der Waals surface area contributed by atoms with Crippen molar-refractivity contribution in [3.63, 3.8) is 0 Å². The van der Waals surface area contributed by atoms with Crippen molar-refractivity contribution in [2.24, 2.45) is 11.8 Å². The zero-order chi connectivity index (χ0) is 17.7. The maximum absolute atomic E-state index is 5.28. The van der Waals surface area contributed by atoms with Crippen molar-refractivity contribution in [3.05, 3.63) is 41.6 Å². The van der Waals surface area contributed by atoms with Gasteiger partial charge in [0.15, 0.2) is 0 Å². The summed E-state index contributed by atoms with van der Waals surface area (Å²) in [5, 5.41) is 12.5.